The predicted octanol–water partition coefficient (Wildman–Crippen LogP) is 4.37. The van der Waals surface area contributed by atoms with Crippen LogP contribution in [0.15, 0.2) is 60.3 Å². The maximum absolute atomic E-state index is 12.6. The number of hydrogen-bond donors (Lipinski definition) is 2. The normalized spacial score (nSPS) is 15.4. The van der Waals surface area contributed by atoms with E-state index in [4.69, 9.17) is 30.8 Å². The van der Waals surface area contributed by atoms with Crippen LogP contribution in [-0.4, -0.2) is 53.9 Å². The number of carbonyl (C=O) groups excluding carboxylic acids is 2. The van der Waals surface area contributed by atoms with Gasteiger partial charge >= 0.3 is 11.9 Å². The lowest BCUT2D eigenvalue weighted by molar-refractivity contribution is -0.132. The van der Waals surface area contributed by atoms with Gasteiger partial charge in [0.1, 0.15) is 5.52 Å². The molecule has 4 N–H and O–H groups in total. The van der Waals surface area contributed by atoms with Gasteiger partial charge < -0.3 is 29.5 Å². The maximum Gasteiger partial charge on any atom is 0.337 e. The molecule has 0 aliphatic carbocycles. The van der Waals surface area contributed by atoms with Gasteiger partial charge in [0.15, 0.2) is 0 Å². The Labute approximate surface area is 238 Å². The Hall–Kier alpha value is -4.41. The second-order valence-corrected chi connectivity index (χ2v) is 10.3. The van der Waals surface area contributed by atoms with Crippen molar-refractivity contribution in [3.63, 3.8) is 0 Å². The second kappa shape index (κ2) is 11.6. The number of methoxy groups -OCH3 is 1. The summed E-state index contributed by atoms with van der Waals surface area (Å²) in [6.07, 6.45) is 1.73. The van der Waals surface area contributed by atoms with E-state index in [-0.39, 0.29) is 17.8 Å². The molecule has 0 bridgehead atoms. The van der Waals surface area contributed by atoms with Crippen LogP contribution in [0.3, 0.4) is 0 Å². The van der Waals surface area contributed by atoms with Gasteiger partial charge in [-0.25, -0.2) is 15.6 Å². The molecule has 5 rings (SSSR count). The van der Waals surface area contributed by atoms with E-state index < -0.39 is 11.9 Å². The fourth-order valence-corrected chi connectivity index (χ4v) is 5.85. The molecule has 1 fully saturated rings. The zero-order chi connectivity index (χ0) is 29.3. The number of fused-ring (bicyclic) bond motifs is 3. The summed E-state index contributed by atoms with van der Waals surface area (Å²) in [4.78, 5) is 29.7. The standard InChI is InChI=1S/C31H35N5O5/c1-18(32)28(35(3)33)24-17-26-27(34-30(24)41-19(2)37)23-11-10-22(31(38)39-4)16-25(23)36(26)29(20-8-6-5-7-9-20)21-12-14-40-15-13-21/h5-11,16-17,21,29H,12-15,32-33H2,1-4H3/b28-18-. The molecule has 214 valence electrons. The van der Waals surface area contributed by atoms with Gasteiger partial charge in [-0.1, -0.05) is 30.3 Å². The molecule has 0 spiro atoms. The van der Waals surface area contributed by atoms with Gasteiger partial charge in [0, 0.05) is 38.3 Å². The fourth-order valence-electron chi connectivity index (χ4n) is 5.85. The van der Waals surface area contributed by atoms with Crippen LogP contribution in [0.4, 0.5) is 0 Å². The van der Waals surface area contributed by atoms with Crippen molar-refractivity contribution in [1.29, 1.82) is 0 Å². The molecule has 1 aliphatic rings. The summed E-state index contributed by atoms with van der Waals surface area (Å²) < 4.78 is 18.6. The molecule has 2 aromatic carbocycles. The molecule has 3 heterocycles. The summed E-state index contributed by atoms with van der Waals surface area (Å²) in [5, 5.41) is 2.19. The first kappa shape index (κ1) is 28.1. The Morgan fingerprint density at radius 1 is 1.07 bits per heavy atom. The van der Waals surface area contributed by atoms with E-state index >= 15 is 0 Å². The number of pyridine rings is 1. The van der Waals surface area contributed by atoms with E-state index in [1.807, 2.05) is 36.4 Å². The lowest BCUT2D eigenvalue weighted by Crippen LogP contribution is -2.28. The molecule has 41 heavy (non-hydrogen) atoms. The van der Waals surface area contributed by atoms with Crippen molar-refractivity contribution in [3.05, 3.63) is 77.0 Å². The van der Waals surface area contributed by atoms with Crippen LogP contribution in [0.2, 0.25) is 0 Å². The van der Waals surface area contributed by atoms with Crippen molar-refractivity contribution in [1.82, 2.24) is 14.6 Å². The lowest BCUT2D eigenvalue weighted by atomic mass is 9.86. The van der Waals surface area contributed by atoms with Gasteiger partial charge in [-0.15, -0.1) is 0 Å². The molecule has 4 aromatic rings. The zero-order valence-electron chi connectivity index (χ0n) is 23.7. The van der Waals surface area contributed by atoms with Crippen LogP contribution in [0.25, 0.3) is 27.6 Å². The van der Waals surface area contributed by atoms with Crippen molar-refractivity contribution in [2.45, 2.75) is 32.7 Å². The van der Waals surface area contributed by atoms with Crippen molar-refractivity contribution < 1.29 is 23.8 Å². The quantitative estimate of drug-likeness (QED) is 0.193. The van der Waals surface area contributed by atoms with E-state index in [1.165, 1.54) is 19.0 Å². The fraction of sp³-hybridized carbons (Fsp3) is 0.323. The Morgan fingerprint density at radius 2 is 1.78 bits per heavy atom. The van der Waals surface area contributed by atoms with Crippen molar-refractivity contribution in [2.24, 2.45) is 17.5 Å². The third-order valence-corrected chi connectivity index (χ3v) is 7.51. The van der Waals surface area contributed by atoms with Gasteiger partial charge in [-0.3, -0.25) is 4.79 Å². The third kappa shape index (κ3) is 5.36. The third-order valence-electron chi connectivity index (χ3n) is 7.51. The smallest absolute Gasteiger partial charge is 0.337 e. The van der Waals surface area contributed by atoms with E-state index in [0.717, 1.165) is 34.8 Å². The topological polar surface area (TPSA) is 135 Å². The Morgan fingerprint density at radius 3 is 2.39 bits per heavy atom. The SMILES string of the molecule is COC(=O)c1ccc2c3nc(OC(C)=O)c(/C(=C(\C)N)N(C)N)cc3n(C(c3ccccc3)C3CCOCC3)c2c1. The maximum atomic E-state index is 12.6. The highest BCUT2D eigenvalue weighted by Gasteiger charge is 2.31. The van der Waals surface area contributed by atoms with Crippen molar-refractivity contribution >= 4 is 39.6 Å². The zero-order valence-corrected chi connectivity index (χ0v) is 23.7. The van der Waals surface area contributed by atoms with Crippen LogP contribution in [0.5, 0.6) is 5.88 Å². The molecule has 10 nitrogen and oxygen atoms in total. The molecule has 0 amide bonds. The average molecular weight is 558 g/mol. The first-order valence-electron chi connectivity index (χ1n) is 13.5. The molecule has 10 heteroatoms. The monoisotopic (exact) mass is 557 g/mol. The Kier molecular flexibility index (Phi) is 7.96. The molecule has 0 saturated carbocycles. The lowest BCUT2D eigenvalue weighted by Gasteiger charge is -2.33. The average Bonchev–Trinajstić information content (AvgIpc) is 3.25. The first-order chi connectivity index (χ1) is 19.7. The van der Waals surface area contributed by atoms with Gasteiger partial charge in [0.25, 0.3) is 0 Å². The van der Waals surface area contributed by atoms with Gasteiger partial charge in [0.2, 0.25) is 5.88 Å². The van der Waals surface area contributed by atoms with E-state index in [0.29, 0.717) is 41.3 Å². The highest BCUT2D eigenvalue weighted by molar-refractivity contribution is 6.09. The summed E-state index contributed by atoms with van der Waals surface area (Å²) in [5.41, 5.74) is 11.4. The van der Waals surface area contributed by atoms with Gasteiger partial charge in [0.05, 0.1) is 41.0 Å². The largest absolute Gasteiger partial charge is 0.465 e. The molecule has 0 radical (unpaired) electrons. The minimum Gasteiger partial charge on any atom is -0.465 e. The van der Waals surface area contributed by atoms with Gasteiger partial charge in [-0.2, -0.15) is 0 Å². The van der Waals surface area contributed by atoms with Crippen LogP contribution in [-0.2, 0) is 14.3 Å². The number of esters is 2. The predicted molar refractivity (Wildman–Crippen MR) is 157 cm³/mol. The van der Waals surface area contributed by atoms with E-state index in [1.54, 1.807) is 20.0 Å². The number of rotatable bonds is 7. The summed E-state index contributed by atoms with van der Waals surface area (Å²) in [5.74, 6) is 5.60. The highest BCUT2D eigenvalue weighted by atomic mass is 16.5. The number of aromatic nitrogens is 2. The molecule has 2 aromatic heterocycles. The van der Waals surface area contributed by atoms with Crippen LogP contribution in [0, 0.1) is 5.92 Å². The van der Waals surface area contributed by atoms with E-state index in [9.17, 15) is 9.59 Å². The Balaban J connectivity index is 1.93. The molecule has 1 atom stereocenters. The Bertz CT molecular complexity index is 1630. The number of nitrogens with zero attached hydrogens (tertiary/aromatic N) is 3. The number of hydrogen-bond acceptors (Lipinski definition) is 9. The van der Waals surface area contributed by atoms with Crippen molar-refractivity contribution in [3.8, 4) is 5.88 Å². The number of hydrazine groups is 1. The van der Waals surface area contributed by atoms with Crippen molar-refractivity contribution in [2.75, 3.05) is 27.4 Å². The van der Waals surface area contributed by atoms with Crippen LogP contribution in [0.1, 0.15) is 54.2 Å². The highest BCUT2D eigenvalue weighted by Crippen LogP contribution is 2.42. The van der Waals surface area contributed by atoms with E-state index in [2.05, 4.69) is 16.7 Å². The molecular formula is C31H35N5O5. The number of ether oxygens (including phenoxy) is 3. The summed E-state index contributed by atoms with van der Waals surface area (Å²) in [7, 11) is 3.03. The molecule has 1 saturated heterocycles. The summed E-state index contributed by atoms with van der Waals surface area (Å²) in [6, 6.07) is 17.5. The number of carbonyl (C=O) groups is 2. The number of nitrogens with two attached hydrogens (primary N) is 2. The first-order valence-corrected chi connectivity index (χ1v) is 13.5. The minimum absolute atomic E-state index is 0.0977. The minimum atomic E-state index is -0.520. The number of allylic oxidation sites excluding steroid dienone is 1. The van der Waals surface area contributed by atoms with Gasteiger partial charge in [-0.05, 0) is 55.5 Å². The summed E-state index contributed by atoms with van der Waals surface area (Å²) in [6.45, 7) is 4.38. The van der Waals surface area contributed by atoms with Crippen LogP contribution >= 0.6 is 0 Å². The summed E-state index contributed by atoms with van der Waals surface area (Å²) >= 11 is 0. The molecule has 1 unspecified atom stereocenters. The molecular weight excluding hydrogens is 522 g/mol. The molecule has 1 aliphatic heterocycles. The second-order valence-electron chi connectivity index (χ2n) is 10.3. The number of benzene rings is 2. The van der Waals surface area contributed by atoms with Crippen LogP contribution < -0.4 is 16.3 Å².